The van der Waals surface area contributed by atoms with Crippen molar-refractivity contribution in [1.82, 2.24) is 14.8 Å². The molecule has 0 bridgehead atoms. The number of H-pyrrole nitrogens is 1. The minimum absolute atomic E-state index is 0.131. The van der Waals surface area contributed by atoms with Gasteiger partial charge in [-0.25, -0.2) is 4.90 Å². The molecule has 0 unspecified atom stereocenters. The molecule has 2 saturated heterocycles. The second-order valence-electron chi connectivity index (χ2n) is 9.63. The third-order valence-corrected chi connectivity index (χ3v) is 7.56. The number of anilines is 1. The number of nitrogens with zero attached hydrogens (tertiary/aromatic N) is 3. The van der Waals surface area contributed by atoms with E-state index in [0.29, 0.717) is 36.7 Å². The zero-order valence-corrected chi connectivity index (χ0v) is 18.3. The number of piperidine rings is 1. The molecule has 1 N–H and O–H groups in total. The van der Waals surface area contributed by atoms with Gasteiger partial charge in [-0.1, -0.05) is 30.3 Å². The normalized spacial score (nSPS) is 26.5. The number of fused-ring (bicyclic) bond motifs is 2. The van der Waals surface area contributed by atoms with Gasteiger partial charge in [0.15, 0.2) is 0 Å². The predicted molar refractivity (Wildman–Crippen MR) is 125 cm³/mol. The number of carbonyl (C=O) groups is 2. The second-order valence-corrected chi connectivity index (χ2v) is 9.63. The highest BCUT2D eigenvalue weighted by atomic mass is 16.2. The molecule has 0 spiro atoms. The summed E-state index contributed by atoms with van der Waals surface area (Å²) in [6.07, 6.45) is 4.35. The number of benzene rings is 2. The fourth-order valence-electron chi connectivity index (χ4n) is 6.26. The van der Waals surface area contributed by atoms with Crippen LogP contribution in [0.2, 0.25) is 0 Å². The Morgan fingerprint density at radius 2 is 1.78 bits per heavy atom. The molecule has 2 aromatic carbocycles. The van der Waals surface area contributed by atoms with Crippen molar-refractivity contribution in [2.24, 2.45) is 5.92 Å². The summed E-state index contributed by atoms with van der Waals surface area (Å²) < 4.78 is 0. The van der Waals surface area contributed by atoms with Crippen LogP contribution >= 0.6 is 0 Å². The quantitative estimate of drug-likeness (QED) is 0.652. The van der Waals surface area contributed by atoms with Crippen molar-refractivity contribution in [1.29, 1.82) is 0 Å². The standard InChI is InChI=1S/C26H28N4O2/c1-28-13-17(10-21-20-8-5-9-22-26(20)18(12-27-22)11-23(21)28)14-29-15-24(31)30(25(32)16-29)19-6-3-2-4-7-19/h2-9,12,17,21,23,27H,10-11,13-16H2,1H3/t17-,21-,23-/m1/s1. The van der Waals surface area contributed by atoms with Crippen LogP contribution < -0.4 is 4.90 Å². The molecule has 6 rings (SSSR count). The smallest absolute Gasteiger partial charge is 0.247 e. The van der Waals surface area contributed by atoms with Crippen LogP contribution in [0.4, 0.5) is 5.69 Å². The number of likely N-dealkylation sites (N-methyl/N-ethyl adjacent to an activating group) is 1. The van der Waals surface area contributed by atoms with Crippen LogP contribution in [0.1, 0.15) is 23.5 Å². The van der Waals surface area contributed by atoms with E-state index in [4.69, 9.17) is 0 Å². The van der Waals surface area contributed by atoms with Crippen LogP contribution in [0.25, 0.3) is 10.9 Å². The summed E-state index contributed by atoms with van der Waals surface area (Å²) in [6.45, 7) is 2.38. The Hall–Kier alpha value is -2.96. The first-order valence-electron chi connectivity index (χ1n) is 11.5. The molecule has 3 aromatic rings. The van der Waals surface area contributed by atoms with E-state index in [-0.39, 0.29) is 11.8 Å². The van der Waals surface area contributed by atoms with Gasteiger partial charge < -0.3 is 9.88 Å². The third-order valence-electron chi connectivity index (χ3n) is 7.56. The Kier molecular flexibility index (Phi) is 4.66. The second kappa shape index (κ2) is 7.57. The molecule has 32 heavy (non-hydrogen) atoms. The first-order chi connectivity index (χ1) is 15.6. The number of rotatable bonds is 3. The Morgan fingerprint density at radius 3 is 2.56 bits per heavy atom. The summed E-state index contributed by atoms with van der Waals surface area (Å²) >= 11 is 0. The van der Waals surface area contributed by atoms with E-state index in [0.717, 1.165) is 25.9 Å². The number of carbonyl (C=O) groups excluding carboxylic acids is 2. The molecule has 2 amide bonds. The lowest BCUT2D eigenvalue weighted by Gasteiger charge is -2.46. The van der Waals surface area contributed by atoms with Gasteiger partial charge >= 0.3 is 0 Å². The molecule has 0 radical (unpaired) electrons. The summed E-state index contributed by atoms with van der Waals surface area (Å²) in [6, 6.07) is 16.4. The first kappa shape index (κ1) is 19.7. The van der Waals surface area contributed by atoms with E-state index in [2.05, 4.69) is 41.3 Å². The van der Waals surface area contributed by atoms with Crippen LogP contribution in [0.3, 0.4) is 0 Å². The van der Waals surface area contributed by atoms with Gasteiger partial charge in [0, 0.05) is 42.1 Å². The van der Waals surface area contributed by atoms with E-state index in [9.17, 15) is 9.59 Å². The average molecular weight is 429 g/mol. The van der Waals surface area contributed by atoms with Crippen LogP contribution in [-0.2, 0) is 16.0 Å². The van der Waals surface area contributed by atoms with Crippen molar-refractivity contribution in [3.63, 3.8) is 0 Å². The summed E-state index contributed by atoms with van der Waals surface area (Å²) in [5, 5.41) is 1.41. The Balaban J connectivity index is 1.20. The zero-order valence-electron chi connectivity index (χ0n) is 18.3. The minimum Gasteiger partial charge on any atom is -0.361 e. The molecule has 1 aliphatic carbocycles. The molecule has 2 fully saturated rings. The molecule has 6 heteroatoms. The third kappa shape index (κ3) is 3.17. The molecule has 2 aliphatic heterocycles. The van der Waals surface area contributed by atoms with Crippen molar-refractivity contribution >= 4 is 28.4 Å². The number of piperazine rings is 1. The molecule has 3 heterocycles. The topological polar surface area (TPSA) is 59.6 Å². The van der Waals surface area contributed by atoms with Gasteiger partial charge in [-0.3, -0.25) is 14.5 Å². The predicted octanol–water partition coefficient (Wildman–Crippen LogP) is 3.00. The van der Waals surface area contributed by atoms with E-state index >= 15 is 0 Å². The van der Waals surface area contributed by atoms with Gasteiger partial charge in [-0.05, 0) is 55.1 Å². The van der Waals surface area contributed by atoms with Crippen LogP contribution in [-0.4, -0.2) is 65.9 Å². The summed E-state index contributed by atoms with van der Waals surface area (Å²) in [5.74, 6) is 0.659. The lowest BCUT2D eigenvalue weighted by Crippen LogP contribution is -2.56. The Morgan fingerprint density at radius 1 is 1.00 bits per heavy atom. The Bertz CT molecular complexity index is 1170. The fraction of sp³-hybridized carbons (Fsp3) is 0.385. The lowest BCUT2D eigenvalue weighted by molar-refractivity contribution is -0.132. The van der Waals surface area contributed by atoms with Gasteiger partial charge in [0.25, 0.3) is 0 Å². The molecule has 6 nitrogen and oxygen atoms in total. The Labute approximate surface area is 187 Å². The number of para-hydroxylation sites is 1. The van der Waals surface area contributed by atoms with Crippen LogP contribution in [0.5, 0.6) is 0 Å². The maximum atomic E-state index is 12.8. The van der Waals surface area contributed by atoms with Crippen LogP contribution in [0, 0.1) is 5.92 Å². The molecule has 3 aliphatic rings. The number of hydrogen-bond donors (Lipinski definition) is 1. The summed E-state index contributed by atoms with van der Waals surface area (Å²) in [4.78, 5) is 35.0. The van der Waals surface area contributed by atoms with Gasteiger partial charge in [-0.2, -0.15) is 0 Å². The highest BCUT2D eigenvalue weighted by molar-refractivity contribution is 6.17. The van der Waals surface area contributed by atoms with Gasteiger partial charge in [0.05, 0.1) is 18.8 Å². The lowest BCUT2D eigenvalue weighted by atomic mass is 9.72. The van der Waals surface area contributed by atoms with Crippen molar-refractivity contribution < 1.29 is 9.59 Å². The number of likely N-dealkylation sites (tertiary alicyclic amines) is 1. The van der Waals surface area contributed by atoms with Gasteiger partial charge in [0.1, 0.15) is 0 Å². The highest BCUT2D eigenvalue weighted by Gasteiger charge is 2.41. The van der Waals surface area contributed by atoms with E-state index < -0.39 is 0 Å². The monoisotopic (exact) mass is 428 g/mol. The van der Waals surface area contributed by atoms with E-state index in [1.165, 1.54) is 26.9 Å². The largest absolute Gasteiger partial charge is 0.361 e. The van der Waals surface area contributed by atoms with Crippen molar-refractivity contribution in [3.05, 3.63) is 65.9 Å². The molecule has 0 saturated carbocycles. The molecule has 164 valence electrons. The number of aromatic amines is 1. The number of nitrogens with one attached hydrogen (secondary N) is 1. The SMILES string of the molecule is CN1C[C@H](CN2CC(=O)N(c3ccccc3)C(=O)C2)C[C@@H]2c3cccc4[nH]cc(c34)C[C@H]21. The average Bonchev–Trinajstić information content (AvgIpc) is 3.19. The minimum atomic E-state index is -0.131. The molecule has 1 aromatic heterocycles. The van der Waals surface area contributed by atoms with Crippen molar-refractivity contribution in [2.75, 3.05) is 38.1 Å². The number of amides is 2. The maximum absolute atomic E-state index is 12.8. The number of aromatic nitrogens is 1. The highest BCUT2D eigenvalue weighted by Crippen LogP contribution is 2.44. The van der Waals surface area contributed by atoms with Crippen LogP contribution in [0.15, 0.2) is 54.7 Å². The molecular formula is C26H28N4O2. The first-order valence-corrected chi connectivity index (χ1v) is 11.5. The number of imide groups is 1. The number of hydrogen-bond acceptors (Lipinski definition) is 4. The fourth-order valence-corrected chi connectivity index (χ4v) is 6.26. The summed E-state index contributed by atoms with van der Waals surface area (Å²) in [7, 11) is 2.23. The zero-order chi connectivity index (χ0) is 21.8. The molecule has 3 atom stereocenters. The van der Waals surface area contributed by atoms with Gasteiger partial charge in [-0.15, -0.1) is 0 Å². The van der Waals surface area contributed by atoms with Crippen molar-refractivity contribution in [2.45, 2.75) is 24.8 Å². The van der Waals surface area contributed by atoms with E-state index in [1.807, 2.05) is 35.2 Å². The van der Waals surface area contributed by atoms with E-state index in [1.54, 1.807) is 0 Å². The summed E-state index contributed by atoms with van der Waals surface area (Å²) in [5.41, 5.74) is 4.77. The maximum Gasteiger partial charge on any atom is 0.247 e. The van der Waals surface area contributed by atoms with Crippen molar-refractivity contribution in [3.8, 4) is 0 Å². The molecular weight excluding hydrogens is 400 g/mol. The van der Waals surface area contributed by atoms with Gasteiger partial charge in [0.2, 0.25) is 11.8 Å².